The smallest absolute Gasteiger partial charge is 0.312 e. The quantitative estimate of drug-likeness (QED) is 0.478. The van der Waals surface area contributed by atoms with Gasteiger partial charge in [-0.3, -0.25) is 13.9 Å². The number of nitrogens with zero attached hydrogens (tertiary/aromatic N) is 5. The molecule has 0 saturated carbocycles. The summed E-state index contributed by atoms with van der Waals surface area (Å²) in [6.07, 6.45) is 0. The van der Waals surface area contributed by atoms with Crippen molar-refractivity contribution in [2.75, 3.05) is 11.4 Å². The van der Waals surface area contributed by atoms with Crippen LogP contribution in [0.2, 0.25) is 5.02 Å². The predicted octanol–water partition coefficient (Wildman–Crippen LogP) is 3.69. The number of hydrogen-bond donors (Lipinski definition) is 0. The largest absolute Gasteiger partial charge is 0.332 e. The van der Waals surface area contributed by atoms with Gasteiger partial charge in [0.1, 0.15) is 0 Å². The molecule has 1 aliphatic heterocycles. The van der Waals surface area contributed by atoms with Crippen LogP contribution in [0.25, 0.3) is 11.2 Å². The average Bonchev–Trinajstić information content (AvgIpc) is 3.14. The zero-order valence-corrected chi connectivity index (χ0v) is 19.0. The zero-order valence-electron chi connectivity index (χ0n) is 18.2. The van der Waals surface area contributed by atoms with E-state index in [9.17, 15) is 9.59 Å². The Morgan fingerprint density at radius 3 is 2.62 bits per heavy atom. The molecule has 0 saturated heterocycles. The van der Waals surface area contributed by atoms with E-state index in [-0.39, 0.29) is 12.1 Å². The van der Waals surface area contributed by atoms with Crippen molar-refractivity contribution in [3.8, 4) is 0 Å². The van der Waals surface area contributed by atoms with Crippen LogP contribution in [0.4, 0.5) is 11.6 Å². The van der Waals surface area contributed by atoms with Crippen molar-refractivity contribution < 1.29 is 0 Å². The van der Waals surface area contributed by atoms with Crippen molar-refractivity contribution in [2.45, 2.75) is 26.9 Å². The van der Waals surface area contributed by atoms with Gasteiger partial charge in [0.25, 0.3) is 5.56 Å². The number of aromatic nitrogens is 4. The molecule has 0 spiro atoms. The third-order valence-corrected chi connectivity index (χ3v) is 6.22. The Balaban J connectivity index is 1.73. The lowest BCUT2D eigenvalue weighted by atomic mass is 10.1. The van der Waals surface area contributed by atoms with Crippen LogP contribution in [-0.4, -0.2) is 25.2 Å². The van der Waals surface area contributed by atoms with Gasteiger partial charge in [0.05, 0.1) is 6.54 Å². The highest BCUT2D eigenvalue weighted by atomic mass is 35.5. The maximum Gasteiger partial charge on any atom is 0.332 e. The van der Waals surface area contributed by atoms with Gasteiger partial charge in [0.2, 0.25) is 5.95 Å². The molecule has 8 heteroatoms. The van der Waals surface area contributed by atoms with E-state index in [1.54, 1.807) is 19.2 Å². The van der Waals surface area contributed by atoms with Crippen LogP contribution in [0.15, 0.2) is 58.1 Å². The monoisotopic (exact) mass is 449 g/mol. The third-order valence-electron chi connectivity index (χ3n) is 5.99. The normalized spacial score (nSPS) is 15.9. The molecule has 2 aromatic carbocycles. The minimum absolute atomic E-state index is 0.152. The first-order valence-corrected chi connectivity index (χ1v) is 11.0. The predicted molar refractivity (Wildman–Crippen MR) is 127 cm³/mol. The Morgan fingerprint density at radius 2 is 1.88 bits per heavy atom. The fourth-order valence-electron chi connectivity index (χ4n) is 4.48. The van der Waals surface area contributed by atoms with Crippen molar-refractivity contribution in [3.63, 3.8) is 0 Å². The molecule has 0 radical (unpaired) electrons. The highest BCUT2D eigenvalue weighted by molar-refractivity contribution is 6.30. The van der Waals surface area contributed by atoms with Gasteiger partial charge in [-0.05, 0) is 48.2 Å². The maximum absolute atomic E-state index is 13.6. The van der Waals surface area contributed by atoms with E-state index in [0.29, 0.717) is 34.6 Å². The van der Waals surface area contributed by atoms with E-state index in [1.807, 2.05) is 28.8 Å². The number of halogens is 1. The first-order valence-electron chi connectivity index (χ1n) is 10.6. The summed E-state index contributed by atoms with van der Waals surface area (Å²) in [4.78, 5) is 33.6. The molecule has 5 rings (SSSR count). The molecule has 164 valence electrons. The van der Waals surface area contributed by atoms with Gasteiger partial charge in [-0.2, -0.15) is 4.98 Å². The second-order valence-electron chi connectivity index (χ2n) is 8.61. The topological polar surface area (TPSA) is 65.1 Å². The van der Waals surface area contributed by atoms with Gasteiger partial charge in [-0.25, -0.2) is 4.79 Å². The van der Waals surface area contributed by atoms with Gasteiger partial charge in [0, 0.05) is 30.8 Å². The average molecular weight is 450 g/mol. The molecule has 0 amide bonds. The molecule has 0 N–H and O–H groups in total. The van der Waals surface area contributed by atoms with Gasteiger partial charge in [0.15, 0.2) is 11.2 Å². The Kier molecular flexibility index (Phi) is 4.93. The van der Waals surface area contributed by atoms with Gasteiger partial charge >= 0.3 is 5.69 Å². The summed E-state index contributed by atoms with van der Waals surface area (Å²) in [5.74, 6) is 0.995. The molecule has 0 aliphatic carbocycles. The lowest BCUT2D eigenvalue weighted by Crippen LogP contribution is -2.40. The summed E-state index contributed by atoms with van der Waals surface area (Å²) in [5.41, 5.74) is 3.10. The summed E-state index contributed by atoms with van der Waals surface area (Å²) < 4.78 is 4.69. The number of rotatable bonds is 3. The lowest BCUT2D eigenvalue weighted by Gasteiger charge is -2.33. The van der Waals surface area contributed by atoms with Crippen molar-refractivity contribution >= 4 is 34.4 Å². The number of fused-ring (bicyclic) bond motifs is 3. The van der Waals surface area contributed by atoms with E-state index < -0.39 is 5.69 Å². The minimum Gasteiger partial charge on any atom is -0.312 e. The second kappa shape index (κ2) is 7.67. The number of aryl methyl sites for hydroxylation is 2. The fourth-order valence-corrected chi connectivity index (χ4v) is 4.69. The van der Waals surface area contributed by atoms with Crippen LogP contribution in [0, 0.1) is 12.8 Å². The Morgan fingerprint density at radius 1 is 1.09 bits per heavy atom. The molecule has 1 atom stereocenters. The first kappa shape index (κ1) is 20.6. The Labute approximate surface area is 190 Å². The molecule has 7 nitrogen and oxygen atoms in total. The van der Waals surface area contributed by atoms with Crippen molar-refractivity contribution in [1.82, 2.24) is 18.7 Å². The van der Waals surface area contributed by atoms with E-state index >= 15 is 0 Å². The van der Waals surface area contributed by atoms with Crippen molar-refractivity contribution in [1.29, 1.82) is 0 Å². The maximum atomic E-state index is 13.6. The summed E-state index contributed by atoms with van der Waals surface area (Å²) in [6.45, 7) is 5.82. The molecular formula is C24H24ClN5O2. The van der Waals surface area contributed by atoms with Crippen LogP contribution in [0.1, 0.15) is 18.1 Å². The minimum atomic E-state index is -0.395. The molecule has 32 heavy (non-hydrogen) atoms. The SMILES string of the molecule is Cc1cccc(N2C[C@H](C)Cn3c2nc2c3c(=O)n(Cc3cccc(Cl)c3)c(=O)n2C)c1. The highest BCUT2D eigenvalue weighted by Crippen LogP contribution is 2.33. The molecule has 1 aliphatic rings. The van der Waals surface area contributed by atoms with Crippen LogP contribution < -0.4 is 16.1 Å². The van der Waals surface area contributed by atoms with Crippen LogP contribution in [-0.2, 0) is 20.1 Å². The molecule has 2 aromatic heterocycles. The third kappa shape index (κ3) is 3.33. The van der Waals surface area contributed by atoms with Crippen molar-refractivity contribution in [3.05, 3.63) is 85.5 Å². The van der Waals surface area contributed by atoms with E-state index in [1.165, 1.54) is 9.13 Å². The fraction of sp³-hybridized carbons (Fsp3) is 0.292. The summed E-state index contributed by atoms with van der Waals surface area (Å²) in [7, 11) is 1.66. The van der Waals surface area contributed by atoms with Crippen LogP contribution >= 0.6 is 11.6 Å². The molecule has 0 unspecified atom stereocenters. The second-order valence-corrected chi connectivity index (χ2v) is 9.05. The lowest BCUT2D eigenvalue weighted by molar-refractivity contribution is 0.458. The highest BCUT2D eigenvalue weighted by Gasteiger charge is 2.29. The standard InChI is InChI=1S/C24H24ClN5O2/c1-15-6-4-9-19(10-15)28-12-16(2)13-29-20-21(26-23(28)29)27(3)24(32)30(22(20)31)14-17-7-5-8-18(25)11-17/h4-11,16H,12-14H2,1-3H3/t16-/m0/s1. The van der Waals surface area contributed by atoms with E-state index in [0.717, 1.165) is 23.4 Å². The Hall–Kier alpha value is -3.32. The summed E-state index contributed by atoms with van der Waals surface area (Å²) in [6, 6.07) is 15.4. The van der Waals surface area contributed by atoms with Gasteiger partial charge in [-0.1, -0.05) is 42.8 Å². The molecule has 3 heterocycles. The Bertz CT molecular complexity index is 1470. The van der Waals surface area contributed by atoms with Gasteiger partial charge < -0.3 is 9.47 Å². The number of imidazole rings is 1. The van der Waals surface area contributed by atoms with E-state index in [2.05, 4.69) is 30.9 Å². The molecular weight excluding hydrogens is 426 g/mol. The molecule has 0 fully saturated rings. The summed E-state index contributed by atoms with van der Waals surface area (Å²) >= 11 is 6.11. The number of hydrogen-bond acceptors (Lipinski definition) is 4. The number of benzene rings is 2. The summed E-state index contributed by atoms with van der Waals surface area (Å²) in [5, 5.41) is 0.567. The molecule has 0 bridgehead atoms. The molecule has 4 aromatic rings. The van der Waals surface area contributed by atoms with E-state index in [4.69, 9.17) is 16.6 Å². The number of anilines is 2. The first-order chi connectivity index (χ1) is 15.3. The zero-order chi connectivity index (χ0) is 22.6. The van der Waals surface area contributed by atoms with Crippen LogP contribution in [0.3, 0.4) is 0 Å². The van der Waals surface area contributed by atoms with Crippen LogP contribution in [0.5, 0.6) is 0 Å². The van der Waals surface area contributed by atoms with Crippen molar-refractivity contribution in [2.24, 2.45) is 13.0 Å². The van der Waals surface area contributed by atoms with Gasteiger partial charge in [-0.15, -0.1) is 0 Å².